The molecule has 0 atom stereocenters. The molecule has 3 N–H and O–H groups in total. The average molecular weight is 296 g/mol. The lowest BCUT2D eigenvalue weighted by molar-refractivity contribution is 0.298. The van der Waals surface area contributed by atoms with Gasteiger partial charge in [0, 0.05) is 17.8 Å². The summed E-state index contributed by atoms with van der Waals surface area (Å²) in [7, 11) is 0. The number of rotatable bonds is 4. The number of nitrogens with zero attached hydrogens (tertiary/aromatic N) is 2. The van der Waals surface area contributed by atoms with Crippen LogP contribution in [0.1, 0.15) is 11.1 Å². The molecule has 0 aliphatic carbocycles. The van der Waals surface area contributed by atoms with Crippen LogP contribution in [0.3, 0.4) is 0 Å². The molecule has 0 amide bonds. The van der Waals surface area contributed by atoms with Gasteiger partial charge in [0.2, 0.25) is 0 Å². The van der Waals surface area contributed by atoms with Crippen LogP contribution in [0, 0.1) is 5.82 Å². The first-order valence-electron chi connectivity index (χ1n) is 5.60. The SMILES string of the molecule is N/C(=N/O)c1cccc(COc2cncc(Cl)c2)c1F. The predicted octanol–water partition coefficient (Wildman–Crippen LogP) is 2.55. The van der Waals surface area contributed by atoms with Gasteiger partial charge in [-0.1, -0.05) is 28.9 Å². The molecule has 1 aromatic heterocycles. The third kappa shape index (κ3) is 3.16. The van der Waals surface area contributed by atoms with Crippen molar-refractivity contribution in [3.8, 4) is 5.75 Å². The summed E-state index contributed by atoms with van der Waals surface area (Å²) in [5, 5.41) is 11.8. The number of amidine groups is 1. The van der Waals surface area contributed by atoms with E-state index in [1.165, 1.54) is 18.5 Å². The van der Waals surface area contributed by atoms with Crippen LogP contribution < -0.4 is 10.5 Å². The van der Waals surface area contributed by atoms with Crippen molar-refractivity contribution in [1.29, 1.82) is 0 Å². The molecular weight excluding hydrogens is 285 g/mol. The summed E-state index contributed by atoms with van der Waals surface area (Å²) in [4.78, 5) is 3.86. The van der Waals surface area contributed by atoms with Gasteiger partial charge in [-0.3, -0.25) is 4.98 Å². The van der Waals surface area contributed by atoms with Crippen molar-refractivity contribution in [2.45, 2.75) is 6.61 Å². The molecule has 0 aliphatic heterocycles. The summed E-state index contributed by atoms with van der Waals surface area (Å²) in [6.45, 7) is -0.0274. The molecule has 1 aromatic carbocycles. The smallest absolute Gasteiger partial charge is 0.173 e. The van der Waals surface area contributed by atoms with Crippen LogP contribution in [0.2, 0.25) is 5.02 Å². The van der Waals surface area contributed by atoms with E-state index in [9.17, 15) is 4.39 Å². The van der Waals surface area contributed by atoms with Crippen molar-refractivity contribution in [2.75, 3.05) is 0 Å². The quantitative estimate of drug-likeness (QED) is 0.393. The Hall–Kier alpha value is -2.34. The highest BCUT2D eigenvalue weighted by atomic mass is 35.5. The van der Waals surface area contributed by atoms with E-state index in [-0.39, 0.29) is 23.6 Å². The number of hydrogen-bond donors (Lipinski definition) is 2. The molecule has 1 heterocycles. The van der Waals surface area contributed by atoms with E-state index in [1.54, 1.807) is 18.2 Å². The molecule has 0 aliphatic rings. The molecule has 0 fully saturated rings. The largest absolute Gasteiger partial charge is 0.487 e. The Labute approximate surface area is 119 Å². The van der Waals surface area contributed by atoms with Crippen LogP contribution >= 0.6 is 11.6 Å². The second kappa shape index (κ2) is 6.21. The van der Waals surface area contributed by atoms with Gasteiger partial charge < -0.3 is 15.7 Å². The lowest BCUT2D eigenvalue weighted by Crippen LogP contribution is -2.16. The van der Waals surface area contributed by atoms with Crippen molar-refractivity contribution in [3.05, 3.63) is 58.6 Å². The Balaban J connectivity index is 2.18. The zero-order chi connectivity index (χ0) is 14.5. The lowest BCUT2D eigenvalue weighted by Gasteiger charge is -2.09. The van der Waals surface area contributed by atoms with Crippen molar-refractivity contribution < 1.29 is 14.3 Å². The Kier molecular flexibility index (Phi) is 4.37. The minimum absolute atomic E-state index is 0.0119. The molecule has 2 aromatic rings. The molecular formula is C13H11ClFN3O2. The van der Waals surface area contributed by atoms with E-state index in [2.05, 4.69) is 10.1 Å². The van der Waals surface area contributed by atoms with Crippen molar-refractivity contribution in [3.63, 3.8) is 0 Å². The second-order valence-electron chi connectivity index (χ2n) is 3.89. The molecule has 0 saturated carbocycles. The zero-order valence-electron chi connectivity index (χ0n) is 10.3. The van der Waals surface area contributed by atoms with Crippen LogP contribution in [0.5, 0.6) is 5.75 Å². The van der Waals surface area contributed by atoms with Gasteiger partial charge in [0.05, 0.1) is 16.8 Å². The highest BCUT2D eigenvalue weighted by molar-refractivity contribution is 6.30. The Bertz CT molecular complexity index is 649. The normalized spacial score (nSPS) is 11.4. The topological polar surface area (TPSA) is 80.7 Å². The fourth-order valence-electron chi connectivity index (χ4n) is 1.58. The van der Waals surface area contributed by atoms with Crippen LogP contribution in [0.25, 0.3) is 0 Å². The van der Waals surface area contributed by atoms with Crippen LogP contribution in [-0.4, -0.2) is 16.0 Å². The Morgan fingerprint density at radius 3 is 2.95 bits per heavy atom. The van der Waals surface area contributed by atoms with Gasteiger partial charge in [0.25, 0.3) is 0 Å². The number of pyridine rings is 1. The maximum Gasteiger partial charge on any atom is 0.173 e. The first-order chi connectivity index (χ1) is 9.61. The minimum Gasteiger partial charge on any atom is -0.487 e. The first-order valence-corrected chi connectivity index (χ1v) is 5.98. The monoisotopic (exact) mass is 295 g/mol. The standard InChI is InChI=1S/C13H11ClFN3O2/c14-9-4-10(6-17-5-9)20-7-8-2-1-3-11(12(8)15)13(16)18-19/h1-6,19H,7H2,(H2,16,18). The summed E-state index contributed by atoms with van der Waals surface area (Å²) in [6.07, 6.45) is 2.94. The van der Waals surface area contributed by atoms with E-state index >= 15 is 0 Å². The summed E-state index contributed by atoms with van der Waals surface area (Å²) in [5.41, 5.74) is 5.67. The Morgan fingerprint density at radius 2 is 2.25 bits per heavy atom. The second-order valence-corrected chi connectivity index (χ2v) is 4.33. The molecule has 5 nitrogen and oxygen atoms in total. The van der Waals surface area contributed by atoms with Gasteiger partial charge >= 0.3 is 0 Å². The predicted molar refractivity (Wildman–Crippen MR) is 72.5 cm³/mol. The van der Waals surface area contributed by atoms with E-state index < -0.39 is 5.82 Å². The highest BCUT2D eigenvalue weighted by Gasteiger charge is 2.12. The number of halogens is 2. The zero-order valence-corrected chi connectivity index (χ0v) is 11.0. The van der Waals surface area contributed by atoms with Gasteiger partial charge in [-0.15, -0.1) is 0 Å². The number of ether oxygens (including phenoxy) is 1. The van der Waals surface area contributed by atoms with Crippen LogP contribution in [0.15, 0.2) is 41.8 Å². The average Bonchev–Trinajstić information content (AvgIpc) is 2.45. The van der Waals surface area contributed by atoms with Crippen LogP contribution in [-0.2, 0) is 6.61 Å². The number of benzene rings is 1. The highest BCUT2D eigenvalue weighted by Crippen LogP contribution is 2.19. The van der Waals surface area contributed by atoms with Gasteiger partial charge in [-0.05, 0) is 6.07 Å². The molecule has 0 radical (unpaired) electrons. The maximum absolute atomic E-state index is 14.1. The summed E-state index contributed by atoms with van der Waals surface area (Å²) in [6, 6.07) is 6.11. The van der Waals surface area contributed by atoms with Crippen molar-refractivity contribution >= 4 is 17.4 Å². The molecule has 0 unspecified atom stereocenters. The summed E-state index contributed by atoms with van der Waals surface area (Å²) < 4.78 is 19.5. The molecule has 0 saturated heterocycles. The number of aromatic nitrogens is 1. The third-order valence-electron chi connectivity index (χ3n) is 2.54. The van der Waals surface area contributed by atoms with Crippen LogP contribution in [0.4, 0.5) is 4.39 Å². The molecule has 104 valence electrons. The fourth-order valence-corrected chi connectivity index (χ4v) is 1.74. The number of oxime groups is 1. The first kappa shape index (κ1) is 14.1. The van der Waals surface area contributed by atoms with E-state index in [1.807, 2.05) is 0 Å². The number of nitrogens with two attached hydrogens (primary N) is 1. The summed E-state index contributed by atoms with van der Waals surface area (Å²) in [5.74, 6) is -0.474. The summed E-state index contributed by atoms with van der Waals surface area (Å²) >= 11 is 5.77. The molecule has 2 rings (SSSR count). The van der Waals surface area contributed by atoms with Gasteiger partial charge in [0.1, 0.15) is 18.2 Å². The van der Waals surface area contributed by atoms with Crippen molar-refractivity contribution in [2.24, 2.45) is 10.9 Å². The van der Waals surface area contributed by atoms with Gasteiger partial charge in [-0.2, -0.15) is 0 Å². The molecule has 0 spiro atoms. The van der Waals surface area contributed by atoms with Gasteiger partial charge in [0.15, 0.2) is 5.84 Å². The maximum atomic E-state index is 14.1. The van der Waals surface area contributed by atoms with E-state index in [4.69, 9.17) is 27.3 Å². The molecule has 7 heteroatoms. The van der Waals surface area contributed by atoms with Crippen molar-refractivity contribution in [1.82, 2.24) is 4.98 Å². The number of hydrogen-bond acceptors (Lipinski definition) is 4. The van der Waals surface area contributed by atoms with Gasteiger partial charge in [-0.25, -0.2) is 4.39 Å². The lowest BCUT2D eigenvalue weighted by atomic mass is 10.1. The Morgan fingerprint density at radius 1 is 1.45 bits per heavy atom. The fraction of sp³-hybridized carbons (Fsp3) is 0.0769. The minimum atomic E-state index is -0.599. The van der Waals surface area contributed by atoms with E-state index in [0.717, 1.165) is 0 Å². The third-order valence-corrected chi connectivity index (χ3v) is 2.74. The van der Waals surface area contributed by atoms with E-state index in [0.29, 0.717) is 10.8 Å². The molecule has 0 bridgehead atoms. The molecule has 20 heavy (non-hydrogen) atoms.